The summed E-state index contributed by atoms with van der Waals surface area (Å²) < 4.78 is 5.54. The molecule has 0 saturated heterocycles. The Labute approximate surface area is 147 Å². The Kier molecular flexibility index (Phi) is 6.01. The summed E-state index contributed by atoms with van der Waals surface area (Å²) in [6, 6.07) is 12.0. The van der Waals surface area contributed by atoms with Crippen LogP contribution >= 0.6 is 27.5 Å². The van der Waals surface area contributed by atoms with E-state index in [1.54, 1.807) is 36.4 Å². The molecule has 2 rings (SSSR count). The molecule has 0 atom stereocenters. The number of carbonyl (C=O) groups is 2. The molecule has 1 amide bonds. The Balaban J connectivity index is 2.01. The maximum atomic E-state index is 12.0. The number of hydrogen-bond donors (Lipinski definition) is 2. The summed E-state index contributed by atoms with van der Waals surface area (Å²) in [6.45, 7) is 0.0108. The van der Waals surface area contributed by atoms with Crippen LogP contribution in [-0.4, -0.2) is 25.5 Å². The van der Waals surface area contributed by atoms with Gasteiger partial charge in [-0.25, -0.2) is 4.79 Å². The lowest BCUT2D eigenvalue weighted by molar-refractivity contribution is -0.114. The average molecular weight is 398 g/mol. The monoisotopic (exact) mass is 396 g/mol. The first kappa shape index (κ1) is 17.3. The lowest BCUT2D eigenvalue weighted by atomic mass is 10.2. The van der Waals surface area contributed by atoms with E-state index >= 15 is 0 Å². The van der Waals surface area contributed by atoms with Crippen molar-refractivity contribution in [1.82, 2.24) is 0 Å². The highest BCUT2D eigenvalue weighted by Gasteiger charge is 2.13. The molecule has 0 spiro atoms. The zero-order valence-corrected chi connectivity index (χ0v) is 14.6. The van der Waals surface area contributed by atoms with Crippen molar-refractivity contribution >= 4 is 50.8 Å². The fourth-order valence-electron chi connectivity index (χ4n) is 1.88. The zero-order chi connectivity index (χ0) is 16.8. The van der Waals surface area contributed by atoms with E-state index in [0.29, 0.717) is 22.0 Å². The largest absolute Gasteiger partial charge is 0.465 e. The number of hydrogen-bond acceptors (Lipinski definition) is 4. The van der Waals surface area contributed by atoms with E-state index in [1.165, 1.54) is 7.11 Å². The second-order valence-corrected chi connectivity index (χ2v) is 5.89. The van der Waals surface area contributed by atoms with Gasteiger partial charge in [0.2, 0.25) is 5.91 Å². The van der Waals surface area contributed by atoms with Crippen molar-refractivity contribution in [1.29, 1.82) is 0 Å². The number of nitrogens with one attached hydrogen (secondary N) is 2. The van der Waals surface area contributed by atoms with Gasteiger partial charge in [-0.2, -0.15) is 0 Å². The first-order chi connectivity index (χ1) is 11.0. The van der Waals surface area contributed by atoms with Crippen LogP contribution in [0.15, 0.2) is 46.9 Å². The van der Waals surface area contributed by atoms with Gasteiger partial charge in [0.05, 0.1) is 35.6 Å². The minimum absolute atomic E-state index is 0.0108. The highest BCUT2D eigenvalue weighted by atomic mass is 79.9. The number of methoxy groups -OCH3 is 1. The minimum Gasteiger partial charge on any atom is -0.465 e. The minimum atomic E-state index is -0.509. The van der Waals surface area contributed by atoms with Crippen molar-refractivity contribution in [3.05, 3.63) is 57.5 Å². The average Bonchev–Trinajstić information content (AvgIpc) is 2.54. The molecule has 0 aliphatic rings. The van der Waals surface area contributed by atoms with Crippen molar-refractivity contribution in [2.45, 2.75) is 0 Å². The van der Waals surface area contributed by atoms with Crippen molar-refractivity contribution in [3.8, 4) is 0 Å². The van der Waals surface area contributed by atoms with E-state index in [0.717, 1.165) is 4.47 Å². The molecule has 2 N–H and O–H groups in total. The highest BCUT2D eigenvalue weighted by Crippen LogP contribution is 2.25. The number of amides is 1. The van der Waals surface area contributed by atoms with Gasteiger partial charge in [0.1, 0.15) is 0 Å². The first-order valence-electron chi connectivity index (χ1n) is 6.67. The lowest BCUT2D eigenvalue weighted by Crippen LogP contribution is -2.23. The molecule has 0 heterocycles. The van der Waals surface area contributed by atoms with E-state index < -0.39 is 5.97 Å². The molecular formula is C16H14BrClN2O3. The van der Waals surface area contributed by atoms with E-state index in [4.69, 9.17) is 11.6 Å². The third-order valence-electron chi connectivity index (χ3n) is 2.98. The summed E-state index contributed by atoms with van der Waals surface area (Å²) in [5.41, 5.74) is 1.34. The van der Waals surface area contributed by atoms with Crippen LogP contribution in [0.25, 0.3) is 0 Å². The van der Waals surface area contributed by atoms with E-state index in [2.05, 4.69) is 31.3 Å². The van der Waals surface area contributed by atoms with Crippen LogP contribution in [0.5, 0.6) is 0 Å². The third-order valence-corrected chi connectivity index (χ3v) is 3.78. The molecule has 0 saturated carbocycles. The number of esters is 1. The van der Waals surface area contributed by atoms with Crippen LogP contribution in [-0.2, 0) is 9.53 Å². The van der Waals surface area contributed by atoms with Crippen LogP contribution in [0.2, 0.25) is 5.02 Å². The normalized spacial score (nSPS) is 10.0. The fraction of sp³-hybridized carbons (Fsp3) is 0.125. The van der Waals surface area contributed by atoms with Crippen LogP contribution < -0.4 is 10.6 Å². The first-order valence-corrected chi connectivity index (χ1v) is 7.84. The van der Waals surface area contributed by atoms with Crippen LogP contribution in [0, 0.1) is 0 Å². The van der Waals surface area contributed by atoms with Crippen LogP contribution in [0.3, 0.4) is 0 Å². The SMILES string of the molecule is COC(=O)c1ccccc1NC(=O)CNc1ccc(Br)cc1Cl. The zero-order valence-electron chi connectivity index (χ0n) is 12.2. The Bertz CT molecular complexity index is 737. The molecule has 7 heteroatoms. The third kappa shape index (κ3) is 4.71. The molecule has 0 aliphatic heterocycles. The summed E-state index contributed by atoms with van der Waals surface area (Å²) in [4.78, 5) is 23.7. The van der Waals surface area contributed by atoms with E-state index in [-0.39, 0.29) is 12.5 Å². The second kappa shape index (κ2) is 7.99. The molecular weight excluding hydrogens is 384 g/mol. The number of rotatable bonds is 5. The summed E-state index contributed by atoms with van der Waals surface area (Å²) in [5.74, 6) is -0.815. The van der Waals surface area contributed by atoms with Gasteiger partial charge in [-0.05, 0) is 30.3 Å². The summed E-state index contributed by atoms with van der Waals surface area (Å²) in [5, 5.41) is 6.12. The number of para-hydroxylation sites is 1. The van der Waals surface area contributed by atoms with Gasteiger partial charge >= 0.3 is 5.97 Å². The maximum absolute atomic E-state index is 12.0. The van der Waals surface area contributed by atoms with Gasteiger partial charge in [-0.1, -0.05) is 39.7 Å². The fourth-order valence-corrected chi connectivity index (χ4v) is 2.62. The van der Waals surface area contributed by atoms with Crippen LogP contribution in [0.1, 0.15) is 10.4 Å². The Morgan fingerprint density at radius 2 is 1.91 bits per heavy atom. The predicted molar refractivity (Wildman–Crippen MR) is 94.1 cm³/mol. The van der Waals surface area contributed by atoms with Crippen molar-refractivity contribution in [2.24, 2.45) is 0 Å². The molecule has 2 aromatic rings. The van der Waals surface area contributed by atoms with Gasteiger partial charge in [-0.3, -0.25) is 4.79 Å². The molecule has 0 aromatic heterocycles. The topological polar surface area (TPSA) is 67.4 Å². The van der Waals surface area contributed by atoms with Crippen molar-refractivity contribution in [2.75, 3.05) is 24.3 Å². The molecule has 0 bridgehead atoms. The molecule has 0 fully saturated rings. The van der Waals surface area contributed by atoms with Gasteiger partial charge in [0, 0.05) is 4.47 Å². The van der Waals surface area contributed by atoms with Gasteiger partial charge in [-0.15, -0.1) is 0 Å². The number of halogens is 2. The van der Waals surface area contributed by atoms with Crippen molar-refractivity contribution in [3.63, 3.8) is 0 Å². The van der Waals surface area contributed by atoms with E-state index in [9.17, 15) is 9.59 Å². The van der Waals surface area contributed by atoms with Crippen LogP contribution in [0.4, 0.5) is 11.4 Å². The highest BCUT2D eigenvalue weighted by molar-refractivity contribution is 9.10. The van der Waals surface area contributed by atoms with Crippen molar-refractivity contribution < 1.29 is 14.3 Å². The molecule has 2 aromatic carbocycles. The second-order valence-electron chi connectivity index (χ2n) is 4.56. The van der Waals surface area contributed by atoms with Gasteiger partial charge in [0.25, 0.3) is 0 Å². The quantitative estimate of drug-likeness (QED) is 0.750. The van der Waals surface area contributed by atoms with E-state index in [1.807, 2.05) is 6.07 Å². The smallest absolute Gasteiger partial charge is 0.339 e. The molecule has 23 heavy (non-hydrogen) atoms. The van der Waals surface area contributed by atoms with Gasteiger partial charge in [0.15, 0.2) is 0 Å². The molecule has 120 valence electrons. The molecule has 5 nitrogen and oxygen atoms in total. The number of benzene rings is 2. The molecule has 0 unspecified atom stereocenters. The summed E-state index contributed by atoms with van der Waals surface area (Å²) in [7, 11) is 1.29. The summed E-state index contributed by atoms with van der Waals surface area (Å²) in [6.07, 6.45) is 0. The molecule has 0 radical (unpaired) electrons. The number of carbonyl (C=O) groups excluding carboxylic acids is 2. The van der Waals surface area contributed by atoms with Gasteiger partial charge < -0.3 is 15.4 Å². The molecule has 0 aliphatic carbocycles. The predicted octanol–water partition coefficient (Wildman–Crippen LogP) is 3.94. The number of ether oxygens (including phenoxy) is 1. The standard InChI is InChI=1S/C16H14BrClN2O3/c1-23-16(22)11-4-2-3-5-13(11)20-15(21)9-19-14-7-6-10(17)8-12(14)18/h2-8,19H,9H2,1H3,(H,20,21). The Hall–Kier alpha value is -2.05. The lowest BCUT2D eigenvalue weighted by Gasteiger charge is -2.11. The Morgan fingerprint density at radius 1 is 1.17 bits per heavy atom. The Morgan fingerprint density at radius 3 is 2.61 bits per heavy atom. The maximum Gasteiger partial charge on any atom is 0.339 e. The number of anilines is 2. The summed E-state index contributed by atoms with van der Waals surface area (Å²) >= 11 is 9.39.